The molecular formula is C14H13F3N2O2S. The van der Waals surface area contributed by atoms with Crippen molar-refractivity contribution >= 4 is 12.2 Å². The molecule has 0 aliphatic rings. The Labute approximate surface area is 129 Å². The van der Waals surface area contributed by atoms with Gasteiger partial charge in [-0.3, -0.25) is 9.36 Å². The molecule has 22 heavy (non-hydrogen) atoms. The van der Waals surface area contributed by atoms with Crippen molar-refractivity contribution in [2.24, 2.45) is 7.05 Å². The van der Waals surface area contributed by atoms with Crippen molar-refractivity contribution in [3.63, 3.8) is 0 Å². The maximum atomic E-state index is 12.9. The molecule has 0 saturated heterocycles. The van der Waals surface area contributed by atoms with Crippen molar-refractivity contribution in [2.75, 3.05) is 7.11 Å². The number of ether oxygens (including phenoxy) is 1. The van der Waals surface area contributed by atoms with Gasteiger partial charge >= 0.3 is 6.18 Å². The van der Waals surface area contributed by atoms with E-state index in [1.807, 2.05) is 6.92 Å². The number of alkyl halides is 3. The van der Waals surface area contributed by atoms with Gasteiger partial charge in [-0.25, -0.2) is 0 Å². The summed E-state index contributed by atoms with van der Waals surface area (Å²) in [5.74, 6) is 0.515. The lowest BCUT2D eigenvalue weighted by molar-refractivity contribution is -0.143. The molecule has 0 radical (unpaired) electrons. The van der Waals surface area contributed by atoms with E-state index < -0.39 is 17.4 Å². The predicted molar refractivity (Wildman–Crippen MR) is 78.1 cm³/mol. The average molecular weight is 330 g/mol. The topological polar surface area (TPSA) is 36.2 Å². The number of nitrogens with zero attached hydrogens (tertiary/aromatic N) is 2. The van der Waals surface area contributed by atoms with Gasteiger partial charge in [0.15, 0.2) is 4.77 Å². The number of hydrogen-bond donors (Lipinski definition) is 0. The minimum absolute atomic E-state index is 0.245. The van der Waals surface area contributed by atoms with E-state index in [2.05, 4.69) is 0 Å². The van der Waals surface area contributed by atoms with Crippen molar-refractivity contribution in [1.29, 1.82) is 0 Å². The van der Waals surface area contributed by atoms with E-state index in [0.29, 0.717) is 17.5 Å². The molecule has 0 saturated carbocycles. The summed E-state index contributed by atoms with van der Waals surface area (Å²) >= 11 is 5.02. The second kappa shape index (κ2) is 5.60. The highest BCUT2D eigenvalue weighted by molar-refractivity contribution is 7.71. The Morgan fingerprint density at radius 1 is 1.23 bits per heavy atom. The molecule has 0 aliphatic carbocycles. The van der Waals surface area contributed by atoms with Crippen LogP contribution in [-0.2, 0) is 13.2 Å². The van der Waals surface area contributed by atoms with Crippen LogP contribution in [0.1, 0.15) is 11.3 Å². The van der Waals surface area contributed by atoms with Crippen LogP contribution >= 0.6 is 12.2 Å². The molecule has 0 fully saturated rings. The van der Waals surface area contributed by atoms with E-state index in [0.717, 1.165) is 14.7 Å². The normalized spacial score (nSPS) is 11.5. The fourth-order valence-electron chi connectivity index (χ4n) is 2.08. The Kier molecular flexibility index (Phi) is 4.15. The van der Waals surface area contributed by atoms with Gasteiger partial charge in [0.05, 0.1) is 12.8 Å². The van der Waals surface area contributed by atoms with Gasteiger partial charge < -0.3 is 9.30 Å². The number of methoxy groups -OCH3 is 1. The third kappa shape index (κ3) is 2.78. The van der Waals surface area contributed by atoms with E-state index in [9.17, 15) is 18.0 Å². The lowest BCUT2D eigenvalue weighted by Crippen LogP contribution is -2.27. The van der Waals surface area contributed by atoms with Crippen LogP contribution in [0.15, 0.2) is 29.1 Å². The summed E-state index contributed by atoms with van der Waals surface area (Å²) in [6.45, 7) is 1.81. The van der Waals surface area contributed by atoms with Crippen LogP contribution < -0.4 is 10.3 Å². The van der Waals surface area contributed by atoms with Gasteiger partial charge in [-0.1, -0.05) is 6.07 Å². The SMILES string of the molecule is COc1cc(-n2c(=O)cc(C(F)(F)F)n(C)c2=S)ccc1C. The van der Waals surface area contributed by atoms with Crippen molar-refractivity contribution in [3.05, 3.63) is 50.6 Å². The van der Waals surface area contributed by atoms with Crippen molar-refractivity contribution in [1.82, 2.24) is 9.13 Å². The first-order chi connectivity index (χ1) is 10.2. The molecule has 0 spiro atoms. The van der Waals surface area contributed by atoms with Crippen LogP contribution in [0.4, 0.5) is 13.2 Å². The van der Waals surface area contributed by atoms with Crippen molar-refractivity contribution in [3.8, 4) is 11.4 Å². The second-order valence-corrected chi connectivity index (χ2v) is 5.06. The van der Waals surface area contributed by atoms with Gasteiger partial charge in [0.1, 0.15) is 11.4 Å². The summed E-state index contributed by atoms with van der Waals surface area (Å²) in [4.78, 5) is 12.1. The van der Waals surface area contributed by atoms with Crippen LogP contribution in [0, 0.1) is 11.7 Å². The highest BCUT2D eigenvalue weighted by atomic mass is 32.1. The van der Waals surface area contributed by atoms with Gasteiger partial charge in [0.25, 0.3) is 5.56 Å². The largest absolute Gasteiger partial charge is 0.496 e. The average Bonchev–Trinajstić information content (AvgIpc) is 2.43. The van der Waals surface area contributed by atoms with Gasteiger partial charge in [-0.15, -0.1) is 0 Å². The van der Waals surface area contributed by atoms with Crippen LogP contribution in [-0.4, -0.2) is 16.2 Å². The van der Waals surface area contributed by atoms with Gasteiger partial charge in [0.2, 0.25) is 0 Å². The van der Waals surface area contributed by atoms with Crippen molar-refractivity contribution < 1.29 is 17.9 Å². The summed E-state index contributed by atoms with van der Waals surface area (Å²) in [6.07, 6.45) is -4.65. The molecule has 0 bridgehead atoms. The van der Waals surface area contributed by atoms with Gasteiger partial charge in [-0.05, 0) is 30.8 Å². The predicted octanol–water partition coefficient (Wildman–Crippen LogP) is 3.24. The van der Waals surface area contributed by atoms with Crippen LogP contribution in [0.2, 0.25) is 0 Å². The molecule has 1 aromatic carbocycles. The summed E-state index contributed by atoms with van der Waals surface area (Å²) in [5, 5.41) is 0. The lowest BCUT2D eigenvalue weighted by Gasteiger charge is -2.16. The van der Waals surface area contributed by atoms with E-state index in [4.69, 9.17) is 17.0 Å². The summed E-state index contributed by atoms with van der Waals surface area (Å²) in [6, 6.07) is 5.39. The second-order valence-electron chi connectivity index (χ2n) is 4.70. The standard InChI is InChI=1S/C14H13F3N2O2S/c1-8-4-5-9(6-10(8)21-3)19-12(20)7-11(14(15,16)17)18(2)13(19)22/h4-7H,1-3H3. The Morgan fingerprint density at radius 3 is 2.41 bits per heavy atom. The molecule has 1 heterocycles. The number of rotatable bonds is 2. The van der Waals surface area contributed by atoms with E-state index in [1.54, 1.807) is 18.2 Å². The summed E-state index contributed by atoms with van der Waals surface area (Å²) in [7, 11) is 2.64. The molecule has 0 unspecified atom stereocenters. The number of halogens is 3. The molecular weight excluding hydrogens is 317 g/mol. The molecule has 2 rings (SSSR count). The first-order valence-electron chi connectivity index (χ1n) is 6.22. The maximum absolute atomic E-state index is 12.9. The summed E-state index contributed by atoms with van der Waals surface area (Å²) < 4.78 is 45.4. The zero-order valence-corrected chi connectivity index (χ0v) is 12.9. The monoisotopic (exact) mass is 330 g/mol. The third-order valence-corrected chi connectivity index (χ3v) is 3.72. The first-order valence-corrected chi connectivity index (χ1v) is 6.63. The van der Waals surface area contributed by atoms with Crippen LogP contribution in [0.5, 0.6) is 5.75 Å². The van der Waals surface area contributed by atoms with Crippen molar-refractivity contribution in [2.45, 2.75) is 13.1 Å². The fraction of sp³-hybridized carbons (Fsp3) is 0.286. The molecule has 0 N–H and O–H groups in total. The Hall–Kier alpha value is -2.09. The molecule has 0 amide bonds. The third-order valence-electron chi connectivity index (χ3n) is 3.26. The highest BCUT2D eigenvalue weighted by Crippen LogP contribution is 2.28. The van der Waals surface area contributed by atoms with E-state index >= 15 is 0 Å². The number of aryl methyl sites for hydroxylation is 1. The van der Waals surface area contributed by atoms with E-state index in [-0.39, 0.29) is 4.77 Å². The summed E-state index contributed by atoms with van der Waals surface area (Å²) in [5.41, 5.74) is -0.748. The Morgan fingerprint density at radius 2 is 1.86 bits per heavy atom. The molecule has 0 aliphatic heterocycles. The fourth-order valence-corrected chi connectivity index (χ4v) is 2.38. The number of aromatic nitrogens is 2. The zero-order chi connectivity index (χ0) is 16.7. The number of benzene rings is 1. The maximum Gasteiger partial charge on any atom is 0.431 e. The van der Waals surface area contributed by atoms with Gasteiger partial charge in [0, 0.05) is 19.2 Å². The Balaban J connectivity index is 2.76. The van der Waals surface area contributed by atoms with E-state index in [1.165, 1.54) is 14.2 Å². The minimum Gasteiger partial charge on any atom is -0.496 e. The van der Waals surface area contributed by atoms with Crippen LogP contribution in [0.25, 0.3) is 5.69 Å². The van der Waals surface area contributed by atoms with Gasteiger partial charge in [-0.2, -0.15) is 13.2 Å². The molecule has 8 heteroatoms. The number of hydrogen-bond acceptors (Lipinski definition) is 3. The zero-order valence-electron chi connectivity index (χ0n) is 12.1. The minimum atomic E-state index is -4.65. The quantitative estimate of drug-likeness (QED) is 0.793. The first kappa shape index (κ1) is 16.3. The molecule has 4 nitrogen and oxygen atoms in total. The molecule has 0 atom stereocenters. The smallest absolute Gasteiger partial charge is 0.431 e. The lowest BCUT2D eigenvalue weighted by atomic mass is 10.2. The molecule has 118 valence electrons. The molecule has 2 aromatic rings. The highest BCUT2D eigenvalue weighted by Gasteiger charge is 2.34. The Bertz CT molecular complexity index is 837. The van der Waals surface area contributed by atoms with Crippen LogP contribution in [0.3, 0.4) is 0 Å². The molecule has 1 aromatic heterocycles.